The van der Waals surface area contributed by atoms with Gasteiger partial charge >= 0.3 is 0 Å². The van der Waals surface area contributed by atoms with Crippen molar-refractivity contribution in [1.29, 1.82) is 0 Å². The molecule has 1 saturated carbocycles. The van der Waals surface area contributed by atoms with Gasteiger partial charge in [-0.05, 0) is 37.8 Å². The summed E-state index contributed by atoms with van der Waals surface area (Å²) in [6.45, 7) is 4.19. The first-order chi connectivity index (χ1) is 7.75. The van der Waals surface area contributed by atoms with E-state index in [1.165, 1.54) is 36.8 Å². The Bertz CT molecular complexity index is 482. The normalized spacial score (nSPS) is 17.4. The fraction of sp³-hybridized carbons (Fsp3) is 0.500. The largest absolute Gasteiger partial charge is 0.440 e. The molecule has 1 aromatic carbocycles. The summed E-state index contributed by atoms with van der Waals surface area (Å²) in [4.78, 5) is 4.69. The summed E-state index contributed by atoms with van der Waals surface area (Å²) in [5, 5.41) is 0. The minimum Gasteiger partial charge on any atom is -0.440 e. The van der Waals surface area contributed by atoms with E-state index in [4.69, 9.17) is 4.42 Å². The zero-order valence-corrected chi connectivity index (χ0v) is 9.92. The molecule has 0 amide bonds. The number of nitrogens with zero attached hydrogens (tertiary/aromatic N) is 1. The van der Waals surface area contributed by atoms with Crippen molar-refractivity contribution in [2.24, 2.45) is 0 Å². The van der Waals surface area contributed by atoms with Crippen LogP contribution in [0, 0.1) is 13.8 Å². The summed E-state index contributed by atoms with van der Waals surface area (Å²) in [6, 6.07) is 4.24. The molecular formula is C14H17NO. The second kappa shape index (κ2) is 3.62. The van der Waals surface area contributed by atoms with Gasteiger partial charge in [-0.15, -0.1) is 0 Å². The Hall–Kier alpha value is -1.31. The molecule has 1 heterocycles. The third-order valence-electron chi connectivity index (χ3n) is 3.66. The fourth-order valence-corrected chi connectivity index (χ4v) is 2.62. The predicted molar refractivity (Wildman–Crippen MR) is 64.7 cm³/mol. The smallest absolute Gasteiger partial charge is 0.198 e. The Kier molecular flexibility index (Phi) is 2.23. The highest BCUT2D eigenvalue weighted by Gasteiger charge is 2.23. The lowest BCUT2D eigenvalue weighted by molar-refractivity contribution is 0.473. The standard InChI is InChI=1S/C14H17NO/c1-9-7-8-10(2)13-12(9)15-14(16-13)11-5-3-4-6-11/h7-8,11H,3-6H2,1-2H3. The Labute approximate surface area is 95.7 Å². The molecule has 0 unspecified atom stereocenters. The van der Waals surface area contributed by atoms with E-state index >= 15 is 0 Å². The van der Waals surface area contributed by atoms with Crippen LogP contribution in [0.3, 0.4) is 0 Å². The number of aromatic nitrogens is 1. The molecule has 0 bridgehead atoms. The molecule has 2 aromatic rings. The van der Waals surface area contributed by atoms with Gasteiger partial charge in [0.15, 0.2) is 11.5 Å². The van der Waals surface area contributed by atoms with E-state index in [-0.39, 0.29) is 0 Å². The van der Waals surface area contributed by atoms with Crippen LogP contribution < -0.4 is 0 Å². The van der Waals surface area contributed by atoms with Crippen LogP contribution in [0.5, 0.6) is 0 Å². The van der Waals surface area contributed by atoms with Gasteiger partial charge in [0.1, 0.15) is 5.52 Å². The summed E-state index contributed by atoms with van der Waals surface area (Å²) in [5.74, 6) is 1.52. The molecule has 1 fully saturated rings. The molecule has 1 aliphatic carbocycles. The molecule has 2 nitrogen and oxygen atoms in total. The summed E-state index contributed by atoms with van der Waals surface area (Å²) >= 11 is 0. The monoisotopic (exact) mass is 215 g/mol. The van der Waals surface area contributed by atoms with Gasteiger partial charge in [0.2, 0.25) is 0 Å². The van der Waals surface area contributed by atoms with Gasteiger partial charge in [0.05, 0.1) is 0 Å². The summed E-state index contributed by atoms with van der Waals surface area (Å²) in [6.07, 6.45) is 5.12. The van der Waals surface area contributed by atoms with Crippen molar-refractivity contribution >= 4 is 11.1 Å². The Morgan fingerprint density at radius 3 is 2.50 bits per heavy atom. The summed E-state index contributed by atoms with van der Waals surface area (Å²) < 4.78 is 5.95. The van der Waals surface area contributed by atoms with Crippen LogP contribution in [-0.2, 0) is 0 Å². The highest BCUT2D eigenvalue weighted by molar-refractivity contribution is 5.79. The van der Waals surface area contributed by atoms with E-state index in [1.54, 1.807) is 0 Å². The molecule has 3 rings (SSSR count). The highest BCUT2D eigenvalue weighted by Crippen LogP contribution is 2.36. The second-order valence-electron chi connectivity index (χ2n) is 4.91. The number of rotatable bonds is 1. The topological polar surface area (TPSA) is 26.0 Å². The van der Waals surface area contributed by atoms with Crippen LogP contribution in [0.2, 0.25) is 0 Å². The predicted octanol–water partition coefficient (Wildman–Crippen LogP) is 4.10. The first kappa shape index (κ1) is 9.88. The van der Waals surface area contributed by atoms with Gasteiger partial charge in [-0.1, -0.05) is 25.0 Å². The van der Waals surface area contributed by atoms with Crippen LogP contribution >= 0.6 is 0 Å². The van der Waals surface area contributed by atoms with E-state index < -0.39 is 0 Å². The number of fused-ring (bicyclic) bond motifs is 1. The lowest BCUT2D eigenvalue weighted by Crippen LogP contribution is -1.91. The van der Waals surface area contributed by atoms with Gasteiger partial charge < -0.3 is 4.42 Å². The van der Waals surface area contributed by atoms with Gasteiger partial charge in [-0.2, -0.15) is 0 Å². The van der Waals surface area contributed by atoms with Crippen LogP contribution in [0.4, 0.5) is 0 Å². The van der Waals surface area contributed by atoms with Crippen molar-refractivity contribution in [2.75, 3.05) is 0 Å². The number of hydrogen-bond acceptors (Lipinski definition) is 2. The van der Waals surface area contributed by atoms with E-state index in [0.29, 0.717) is 5.92 Å². The summed E-state index contributed by atoms with van der Waals surface area (Å²) in [5.41, 5.74) is 4.45. The minimum atomic E-state index is 0.561. The average Bonchev–Trinajstić information content (AvgIpc) is 2.90. The zero-order valence-electron chi connectivity index (χ0n) is 9.92. The lowest BCUT2D eigenvalue weighted by Gasteiger charge is -2.00. The second-order valence-corrected chi connectivity index (χ2v) is 4.91. The van der Waals surface area contributed by atoms with Crippen LogP contribution in [-0.4, -0.2) is 4.98 Å². The van der Waals surface area contributed by atoms with Crippen molar-refractivity contribution in [2.45, 2.75) is 45.4 Å². The number of hydrogen-bond donors (Lipinski definition) is 0. The average molecular weight is 215 g/mol. The van der Waals surface area contributed by atoms with Crippen LogP contribution in [0.15, 0.2) is 16.5 Å². The van der Waals surface area contributed by atoms with Gasteiger partial charge in [0.25, 0.3) is 0 Å². The van der Waals surface area contributed by atoms with Crippen LogP contribution in [0.1, 0.15) is 48.6 Å². The molecule has 0 atom stereocenters. The molecular weight excluding hydrogens is 198 g/mol. The fourth-order valence-electron chi connectivity index (χ4n) is 2.62. The molecule has 16 heavy (non-hydrogen) atoms. The van der Waals surface area contributed by atoms with Crippen molar-refractivity contribution in [3.63, 3.8) is 0 Å². The molecule has 2 heteroatoms. The third-order valence-corrected chi connectivity index (χ3v) is 3.66. The van der Waals surface area contributed by atoms with Gasteiger partial charge in [-0.3, -0.25) is 0 Å². The minimum absolute atomic E-state index is 0.561. The number of benzene rings is 1. The maximum Gasteiger partial charge on any atom is 0.198 e. The molecule has 1 aliphatic rings. The first-order valence-electron chi connectivity index (χ1n) is 6.12. The Balaban J connectivity index is 2.14. The van der Waals surface area contributed by atoms with E-state index in [0.717, 1.165) is 17.0 Å². The zero-order chi connectivity index (χ0) is 11.1. The lowest BCUT2D eigenvalue weighted by atomic mass is 10.1. The van der Waals surface area contributed by atoms with Gasteiger partial charge in [-0.25, -0.2) is 4.98 Å². The van der Waals surface area contributed by atoms with Crippen LogP contribution in [0.25, 0.3) is 11.1 Å². The SMILES string of the molecule is Cc1ccc(C)c2oc(C3CCCC3)nc12. The van der Waals surface area contributed by atoms with E-state index in [2.05, 4.69) is 31.0 Å². The molecule has 1 aromatic heterocycles. The molecule has 0 radical (unpaired) electrons. The number of oxazole rings is 1. The van der Waals surface area contributed by atoms with Crippen molar-refractivity contribution in [3.05, 3.63) is 29.2 Å². The third kappa shape index (κ3) is 1.44. The van der Waals surface area contributed by atoms with E-state index in [1.807, 2.05) is 0 Å². The molecule has 84 valence electrons. The Morgan fingerprint density at radius 2 is 1.81 bits per heavy atom. The van der Waals surface area contributed by atoms with E-state index in [9.17, 15) is 0 Å². The Morgan fingerprint density at radius 1 is 1.12 bits per heavy atom. The van der Waals surface area contributed by atoms with Gasteiger partial charge in [0, 0.05) is 5.92 Å². The van der Waals surface area contributed by atoms with Crippen molar-refractivity contribution in [1.82, 2.24) is 4.98 Å². The molecule has 0 saturated heterocycles. The van der Waals surface area contributed by atoms with Crippen molar-refractivity contribution in [3.8, 4) is 0 Å². The quantitative estimate of drug-likeness (QED) is 0.715. The molecule has 0 spiro atoms. The maximum absolute atomic E-state index is 5.95. The molecule has 0 aliphatic heterocycles. The number of aryl methyl sites for hydroxylation is 2. The first-order valence-corrected chi connectivity index (χ1v) is 6.12. The maximum atomic E-state index is 5.95. The highest BCUT2D eigenvalue weighted by atomic mass is 16.3. The van der Waals surface area contributed by atoms with Crippen molar-refractivity contribution < 1.29 is 4.42 Å². The molecule has 0 N–H and O–H groups in total. The summed E-state index contributed by atoms with van der Waals surface area (Å²) in [7, 11) is 0.